The van der Waals surface area contributed by atoms with Crippen LogP contribution in [-0.2, 0) is 0 Å². The van der Waals surface area contributed by atoms with Crippen LogP contribution in [-0.4, -0.2) is 28.8 Å². The fourth-order valence-corrected chi connectivity index (χ4v) is 2.70. The van der Waals surface area contributed by atoms with Gasteiger partial charge in [-0.25, -0.2) is 4.98 Å². The highest BCUT2D eigenvalue weighted by Gasteiger charge is 2.29. The molecule has 1 aliphatic rings. The predicted molar refractivity (Wildman–Crippen MR) is 58.9 cm³/mol. The fourth-order valence-electron chi connectivity index (χ4n) is 1.87. The first-order valence-electron chi connectivity index (χ1n) is 4.96. The molecule has 0 aliphatic carbocycles. The molecular weight excluding hydrogens is 196 g/mol. The summed E-state index contributed by atoms with van der Waals surface area (Å²) < 4.78 is 0. The number of aromatic nitrogens is 1. The van der Waals surface area contributed by atoms with Crippen molar-refractivity contribution in [2.75, 3.05) is 18.0 Å². The van der Waals surface area contributed by atoms with Gasteiger partial charge in [-0.05, 0) is 26.7 Å². The number of piperidine rings is 1. The van der Waals surface area contributed by atoms with Crippen LogP contribution in [0.15, 0.2) is 5.38 Å². The SMILES string of the molecule is Cc1csc(N2CCCC(C)(O)C2)n1. The lowest BCUT2D eigenvalue weighted by Gasteiger charge is -2.36. The molecule has 2 rings (SSSR count). The third-order valence-electron chi connectivity index (χ3n) is 2.55. The van der Waals surface area contributed by atoms with Gasteiger partial charge in [0.2, 0.25) is 0 Å². The Balaban J connectivity index is 2.12. The molecule has 78 valence electrons. The maximum atomic E-state index is 9.95. The van der Waals surface area contributed by atoms with Gasteiger partial charge in [0.1, 0.15) is 0 Å². The number of hydrogen-bond donors (Lipinski definition) is 1. The van der Waals surface area contributed by atoms with Crippen molar-refractivity contribution in [3.05, 3.63) is 11.1 Å². The Morgan fingerprint density at radius 1 is 1.64 bits per heavy atom. The van der Waals surface area contributed by atoms with E-state index < -0.39 is 5.60 Å². The molecule has 1 aromatic rings. The average molecular weight is 212 g/mol. The lowest BCUT2D eigenvalue weighted by molar-refractivity contribution is 0.0449. The largest absolute Gasteiger partial charge is 0.388 e. The van der Waals surface area contributed by atoms with E-state index in [9.17, 15) is 5.11 Å². The van der Waals surface area contributed by atoms with Crippen molar-refractivity contribution in [1.29, 1.82) is 0 Å². The van der Waals surface area contributed by atoms with E-state index in [4.69, 9.17) is 0 Å². The summed E-state index contributed by atoms with van der Waals surface area (Å²) in [6.07, 6.45) is 1.94. The maximum absolute atomic E-state index is 9.95. The Labute approximate surface area is 88.4 Å². The lowest BCUT2D eigenvalue weighted by Crippen LogP contribution is -2.46. The third kappa shape index (κ3) is 2.07. The zero-order valence-electron chi connectivity index (χ0n) is 8.66. The van der Waals surface area contributed by atoms with Crippen LogP contribution < -0.4 is 4.90 Å². The fraction of sp³-hybridized carbons (Fsp3) is 0.700. The molecule has 1 atom stereocenters. The second-order valence-corrected chi connectivity index (χ2v) is 5.13. The Morgan fingerprint density at radius 3 is 3.00 bits per heavy atom. The topological polar surface area (TPSA) is 36.4 Å². The summed E-state index contributed by atoms with van der Waals surface area (Å²) >= 11 is 1.66. The maximum Gasteiger partial charge on any atom is 0.185 e. The Kier molecular flexibility index (Phi) is 2.49. The van der Waals surface area contributed by atoms with Gasteiger partial charge in [-0.1, -0.05) is 0 Å². The minimum atomic E-state index is -0.544. The van der Waals surface area contributed by atoms with E-state index in [0.717, 1.165) is 30.2 Å². The first-order valence-corrected chi connectivity index (χ1v) is 5.84. The number of nitrogens with zero attached hydrogens (tertiary/aromatic N) is 2. The van der Waals surface area contributed by atoms with Gasteiger partial charge in [0.25, 0.3) is 0 Å². The molecular formula is C10H16N2OS. The first kappa shape index (κ1) is 9.93. The van der Waals surface area contributed by atoms with Crippen molar-refractivity contribution >= 4 is 16.5 Å². The Hall–Kier alpha value is -0.610. The first-order chi connectivity index (χ1) is 6.57. The lowest BCUT2D eigenvalue weighted by atomic mass is 9.96. The monoisotopic (exact) mass is 212 g/mol. The van der Waals surface area contributed by atoms with Gasteiger partial charge >= 0.3 is 0 Å². The van der Waals surface area contributed by atoms with E-state index in [0.29, 0.717) is 6.54 Å². The molecule has 1 unspecified atom stereocenters. The summed E-state index contributed by atoms with van der Waals surface area (Å²) in [5.74, 6) is 0. The number of rotatable bonds is 1. The van der Waals surface area contributed by atoms with E-state index in [2.05, 4.69) is 15.3 Å². The van der Waals surface area contributed by atoms with Crippen molar-refractivity contribution in [3.63, 3.8) is 0 Å². The molecule has 1 aromatic heterocycles. The predicted octanol–water partition coefficient (Wildman–Crippen LogP) is 1.80. The van der Waals surface area contributed by atoms with Gasteiger partial charge in [0, 0.05) is 18.5 Å². The molecule has 2 heterocycles. The van der Waals surface area contributed by atoms with Crippen LogP contribution in [0, 0.1) is 6.92 Å². The Bertz CT molecular complexity index is 322. The van der Waals surface area contributed by atoms with E-state index in [1.54, 1.807) is 11.3 Å². The molecule has 3 nitrogen and oxygen atoms in total. The van der Waals surface area contributed by atoms with Crippen molar-refractivity contribution in [1.82, 2.24) is 4.98 Å². The van der Waals surface area contributed by atoms with Gasteiger partial charge in [-0.2, -0.15) is 0 Å². The molecule has 0 spiro atoms. The minimum absolute atomic E-state index is 0.544. The summed E-state index contributed by atoms with van der Waals surface area (Å²) in [6.45, 7) is 5.63. The van der Waals surface area contributed by atoms with E-state index in [1.807, 2.05) is 13.8 Å². The van der Waals surface area contributed by atoms with E-state index in [-0.39, 0.29) is 0 Å². The summed E-state index contributed by atoms with van der Waals surface area (Å²) in [5.41, 5.74) is 0.521. The van der Waals surface area contributed by atoms with Crippen LogP contribution in [0.3, 0.4) is 0 Å². The van der Waals surface area contributed by atoms with E-state index in [1.165, 1.54) is 0 Å². The van der Waals surface area contributed by atoms with Crippen LogP contribution in [0.5, 0.6) is 0 Å². The third-order valence-corrected chi connectivity index (χ3v) is 3.57. The van der Waals surface area contributed by atoms with Crippen molar-refractivity contribution in [2.24, 2.45) is 0 Å². The highest BCUT2D eigenvalue weighted by molar-refractivity contribution is 7.13. The van der Waals surface area contributed by atoms with E-state index >= 15 is 0 Å². The number of aliphatic hydroxyl groups is 1. The number of anilines is 1. The van der Waals surface area contributed by atoms with Crippen LogP contribution in [0.1, 0.15) is 25.5 Å². The standard InChI is InChI=1S/C10H16N2OS/c1-8-6-14-9(11-8)12-5-3-4-10(2,13)7-12/h6,13H,3-5,7H2,1-2H3. The van der Waals surface area contributed by atoms with Crippen molar-refractivity contribution < 1.29 is 5.11 Å². The molecule has 0 amide bonds. The molecule has 0 radical (unpaired) electrons. The number of aryl methyl sites for hydroxylation is 1. The second-order valence-electron chi connectivity index (χ2n) is 4.29. The molecule has 1 fully saturated rings. The van der Waals surface area contributed by atoms with Crippen LogP contribution in [0.2, 0.25) is 0 Å². The van der Waals surface area contributed by atoms with Crippen molar-refractivity contribution in [2.45, 2.75) is 32.3 Å². The average Bonchev–Trinajstić information content (AvgIpc) is 2.50. The smallest absolute Gasteiger partial charge is 0.185 e. The Morgan fingerprint density at radius 2 is 2.43 bits per heavy atom. The van der Waals surface area contributed by atoms with Gasteiger partial charge in [-0.3, -0.25) is 0 Å². The highest BCUT2D eigenvalue weighted by atomic mass is 32.1. The molecule has 4 heteroatoms. The zero-order valence-corrected chi connectivity index (χ0v) is 9.47. The molecule has 1 saturated heterocycles. The number of thiazole rings is 1. The second kappa shape index (κ2) is 3.51. The van der Waals surface area contributed by atoms with Crippen LogP contribution in [0.25, 0.3) is 0 Å². The summed E-state index contributed by atoms with van der Waals surface area (Å²) in [6, 6.07) is 0. The van der Waals surface area contributed by atoms with Crippen LogP contribution >= 0.6 is 11.3 Å². The molecule has 0 bridgehead atoms. The van der Waals surface area contributed by atoms with Gasteiger partial charge in [0.05, 0.1) is 11.3 Å². The zero-order chi connectivity index (χ0) is 10.2. The molecule has 0 aromatic carbocycles. The van der Waals surface area contributed by atoms with Gasteiger partial charge in [-0.15, -0.1) is 11.3 Å². The van der Waals surface area contributed by atoms with Gasteiger partial charge < -0.3 is 10.0 Å². The molecule has 0 saturated carbocycles. The number of β-amino-alcohol motifs (C(OH)–C–C–N with tert-alkyl or cyclic N) is 1. The molecule has 14 heavy (non-hydrogen) atoms. The summed E-state index contributed by atoms with van der Waals surface area (Å²) in [5, 5.41) is 13.0. The quantitative estimate of drug-likeness (QED) is 0.771. The minimum Gasteiger partial charge on any atom is -0.388 e. The number of hydrogen-bond acceptors (Lipinski definition) is 4. The highest BCUT2D eigenvalue weighted by Crippen LogP contribution is 2.27. The van der Waals surface area contributed by atoms with Crippen LogP contribution in [0.4, 0.5) is 5.13 Å². The van der Waals surface area contributed by atoms with Crippen molar-refractivity contribution in [3.8, 4) is 0 Å². The normalized spacial score (nSPS) is 28.1. The van der Waals surface area contributed by atoms with Gasteiger partial charge in [0.15, 0.2) is 5.13 Å². The molecule has 1 aliphatic heterocycles. The summed E-state index contributed by atoms with van der Waals surface area (Å²) in [7, 11) is 0. The summed E-state index contributed by atoms with van der Waals surface area (Å²) in [4.78, 5) is 6.61. The molecule has 1 N–H and O–H groups in total.